The Hall–Kier alpha value is -2.18. The fourth-order valence-corrected chi connectivity index (χ4v) is 4.77. The quantitative estimate of drug-likeness (QED) is 0.595. The zero-order valence-electron chi connectivity index (χ0n) is 17.2. The van der Waals surface area contributed by atoms with Crippen molar-refractivity contribution in [1.29, 1.82) is 0 Å². The fraction of sp³-hybridized carbons (Fsp3) is 0.435. The van der Waals surface area contributed by atoms with Crippen LogP contribution in [0.15, 0.2) is 46.3 Å². The van der Waals surface area contributed by atoms with Crippen LogP contribution in [-0.2, 0) is 7.05 Å². The molecule has 154 valence electrons. The lowest BCUT2D eigenvalue weighted by Gasteiger charge is -2.33. The van der Waals surface area contributed by atoms with Crippen LogP contribution >= 0.6 is 11.8 Å². The molecular weight excluding hydrogens is 384 g/mol. The molecule has 29 heavy (non-hydrogen) atoms. The van der Waals surface area contributed by atoms with Gasteiger partial charge in [0, 0.05) is 40.8 Å². The lowest BCUT2D eigenvalue weighted by atomic mass is 9.85. The summed E-state index contributed by atoms with van der Waals surface area (Å²) < 4.78 is 8.07. The molecule has 0 amide bonds. The number of aryl methyl sites for hydroxylation is 1. The van der Waals surface area contributed by atoms with Gasteiger partial charge in [-0.25, -0.2) is 0 Å². The van der Waals surface area contributed by atoms with Gasteiger partial charge in [-0.3, -0.25) is 4.79 Å². The molecule has 1 saturated carbocycles. The van der Waals surface area contributed by atoms with Crippen molar-refractivity contribution >= 4 is 22.7 Å². The number of rotatable bonds is 5. The first-order valence-electron chi connectivity index (χ1n) is 10.2. The molecule has 0 unspecified atom stereocenters. The first-order chi connectivity index (χ1) is 13.9. The number of thioether (sulfide) groups is 1. The summed E-state index contributed by atoms with van der Waals surface area (Å²) in [5.41, 5.74) is 1.97. The predicted molar refractivity (Wildman–Crippen MR) is 119 cm³/mol. The molecule has 0 atom stereocenters. The highest BCUT2D eigenvalue weighted by Gasteiger charge is 2.30. The predicted octanol–water partition coefficient (Wildman–Crippen LogP) is 4.72. The molecular formula is C23H28N2O3S. The average Bonchev–Trinajstić information content (AvgIpc) is 3.18. The molecule has 0 radical (unpaired) electrons. The van der Waals surface area contributed by atoms with Gasteiger partial charge >= 0.3 is 0 Å². The van der Waals surface area contributed by atoms with Crippen molar-refractivity contribution in [1.82, 2.24) is 9.55 Å². The molecule has 0 aliphatic heterocycles. The van der Waals surface area contributed by atoms with E-state index in [4.69, 9.17) is 4.74 Å². The van der Waals surface area contributed by atoms with Crippen LogP contribution in [0.3, 0.4) is 0 Å². The lowest BCUT2D eigenvalue weighted by Crippen LogP contribution is -2.34. The summed E-state index contributed by atoms with van der Waals surface area (Å²) in [6, 6.07) is 8.26. The van der Waals surface area contributed by atoms with Gasteiger partial charge in [0.05, 0.1) is 11.7 Å². The summed E-state index contributed by atoms with van der Waals surface area (Å²) in [6.45, 7) is 4.04. The smallest absolute Gasteiger partial charge is 0.274 e. The van der Waals surface area contributed by atoms with E-state index in [2.05, 4.69) is 24.0 Å². The molecule has 4 rings (SSSR count). The maximum Gasteiger partial charge on any atom is 0.274 e. The second kappa shape index (κ2) is 7.92. The maximum absolute atomic E-state index is 12.5. The summed E-state index contributed by atoms with van der Waals surface area (Å²) in [5, 5.41) is 11.1. The SMILES string of the molecule is CCSc1ccc(OC2CCC(C)(O)CC2)c(-c2cn(C)c(=O)c3[nH]ccc23)c1. The van der Waals surface area contributed by atoms with E-state index in [1.165, 1.54) is 4.90 Å². The number of nitrogens with one attached hydrogen (secondary N) is 1. The number of hydrogen-bond donors (Lipinski definition) is 2. The second-order valence-corrected chi connectivity index (χ2v) is 9.47. The summed E-state index contributed by atoms with van der Waals surface area (Å²) in [6.07, 6.45) is 6.97. The molecule has 2 aromatic heterocycles. The molecule has 0 saturated heterocycles. The minimum Gasteiger partial charge on any atom is -0.490 e. The Kier molecular flexibility index (Phi) is 5.49. The van der Waals surface area contributed by atoms with E-state index in [-0.39, 0.29) is 11.7 Å². The Morgan fingerprint density at radius 1 is 1.28 bits per heavy atom. The number of benzene rings is 1. The summed E-state index contributed by atoms with van der Waals surface area (Å²) >= 11 is 1.79. The molecule has 1 aromatic carbocycles. The van der Waals surface area contributed by atoms with Crippen molar-refractivity contribution in [2.75, 3.05) is 5.75 Å². The van der Waals surface area contributed by atoms with Gasteiger partial charge in [-0.2, -0.15) is 0 Å². The number of aromatic nitrogens is 2. The monoisotopic (exact) mass is 412 g/mol. The third-order valence-electron chi connectivity index (χ3n) is 5.75. The van der Waals surface area contributed by atoms with Crippen LogP contribution in [-0.4, -0.2) is 32.1 Å². The Bertz CT molecular complexity index is 1070. The van der Waals surface area contributed by atoms with Crippen molar-refractivity contribution < 1.29 is 9.84 Å². The zero-order chi connectivity index (χ0) is 20.6. The minimum atomic E-state index is -0.584. The van der Waals surface area contributed by atoms with Crippen LogP contribution in [0, 0.1) is 0 Å². The van der Waals surface area contributed by atoms with Crippen LogP contribution in [0.2, 0.25) is 0 Å². The third kappa shape index (κ3) is 4.09. The standard InChI is InChI=1S/C23H28N2O3S/c1-4-29-16-5-6-20(28-15-7-10-23(2,27)11-8-15)18(13-16)19-14-25(3)22(26)21-17(19)9-12-24-21/h5-6,9,12-15,24,27H,4,7-8,10-11H2,1-3H3. The summed E-state index contributed by atoms with van der Waals surface area (Å²) in [4.78, 5) is 16.7. The van der Waals surface area contributed by atoms with Gasteiger partial charge in [0.15, 0.2) is 0 Å². The highest BCUT2D eigenvalue weighted by Crippen LogP contribution is 2.39. The number of H-pyrrole nitrogens is 1. The van der Waals surface area contributed by atoms with E-state index in [0.717, 1.165) is 53.7 Å². The van der Waals surface area contributed by atoms with Gasteiger partial charge < -0.3 is 19.4 Å². The lowest BCUT2D eigenvalue weighted by molar-refractivity contribution is -0.0107. The molecule has 1 aliphatic carbocycles. The van der Waals surface area contributed by atoms with E-state index in [1.807, 2.05) is 31.5 Å². The van der Waals surface area contributed by atoms with Crippen LogP contribution in [0.4, 0.5) is 0 Å². The van der Waals surface area contributed by atoms with E-state index < -0.39 is 5.60 Å². The molecule has 2 N–H and O–H groups in total. The number of aromatic amines is 1. The Morgan fingerprint density at radius 2 is 2.03 bits per heavy atom. The minimum absolute atomic E-state index is 0.0372. The van der Waals surface area contributed by atoms with E-state index in [1.54, 1.807) is 23.4 Å². The normalized spacial score (nSPS) is 22.1. The van der Waals surface area contributed by atoms with Gasteiger partial charge in [0.25, 0.3) is 5.56 Å². The number of ether oxygens (including phenoxy) is 1. The number of aliphatic hydroxyl groups is 1. The van der Waals surface area contributed by atoms with Gasteiger partial charge in [0.1, 0.15) is 11.3 Å². The summed E-state index contributed by atoms with van der Waals surface area (Å²) in [7, 11) is 1.78. The number of pyridine rings is 1. The average molecular weight is 413 g/mol. The van der Waals surface area contributed by atoms with Crippen LogP contribution in [0.1, 0.15) is 39.5 Å². The van der Waals surface area contributed by atoms with Crippen molar-refractivity contribution in [3.05, 3.63) is 47.0 Å². The van der Waals surface area contributed by atoms with E-state index >= 15 is 0 Å². The summed E-state index contributed by atoms with van der Waals surface area (Å²) in [5.74, 6) is 1.82. The number of nitrogens with zero attached hydrogens (tertiary/aromatic N) is 1. The van der Waals surface area contributed by atoms with Crippen LogP contribution in [0.25, 0.3) is 22.0 Å². The third-order valence-corrected chi connectivity index (χ3v) is 6.63. The molecule has 0 spiro atoms. The zero-order valence-corrected chi connectivity index (χ0v) is 18.0. The van der Waals surface area contributed by atoms with Crippen molar-refractivity contribution in [2.45, 2.75) is 56.1 Å². The second-order valence-electron chi connectivity index (χ2n) is 8.13. The fourth-order valence-electron chi connectivity index (χ4n) is 4.07. The Morgan fingerprint density at radius 3 is 2.76 bits per heavy atom. The Labute approximate surface area is 175 Å². The maximum atomic E-state index is 12.5. The Balaban J connectivity index is 1.78. The van der Waals surface area contributed by atoms with Crippen molar-refractivity contribution in [2.24, 2.45) is 7.05 Å². The molecule has 0 bridgehead atoms. The largest absolute Gasteiger partial charge is 0.490 e. The van der Waals surface area contributed by atoms with Gasteiger partial charge in [0.2, 0.25) is 0 Å². The van der Waals surface area contributed by atoms with Gasteiger partial charge in [-0.05, 0) is 62.6 Å². The van der Waals surface area contributed by atoms with Gasteiger partial charge in [-0.15, -0.1) is 11.8 Å². The number of hydrogen-bond acceptors (Lipinski definition) is 4. The molecule has 2 heterocycles. The molecule has 1 aliphatic rings. The van der Waals surface area contributed by atoms with E-state index in [0.29, 0.717) is 5.52 Å². The van der Waals surface area contributed by atoms with Crippen LogP contribution in [0.5, 0.6) is 5.75 Å². The first kappa shape index (κ1) is 20.1. The van der Waals surface area contributed by atoms with Gasteiger partial charge in [-0.1, -0.05) is 6.92 Å². The molecule has 6 heteroatoms. The highest BCUT2D eigenvalue weighted by molar-refractivity contribution is 7.99. The van der Waals surface area contributed by atoms with Crippen molar-refractivity contribution in [3.8, 4) is 16.9 Å². The van der Waals surface area contributed by atoms with E-state index in [9.17, 15) is 9.90 Å². The molecule has 5 nitrogen and oxygen atoms in total. The molecule has 3 aromatic rings. The molecule has 1 fully saturated rings. The number of fused-ring (bicyclic) bond motifs is 1. The first-order valence-corrected chi connectivity index (χ1v) is 11.2. The van der Waals surface area contributed by atoms with Crippen molar-refractivity contribution in [3.63, 3.8) is 0 Å². The highest BCUT2D eigenvalue weighted by atomic mass is 32.2. The topological polar surface area (TPSA) is 67.2 Å². The van der Waals surface area contributed by atoms with Crippen LogP contribution < -0.4 is 10.3 Å².